The number of rotatable bonds is 4. The zero-order valence-electron chi connectivity index (χ0n) is 12.1. The number of hydrogen-bond donors (Lipinski definition) is 0. The fourth-order valence-corrected chi connectivity index (χ4v) is 2.65. The highest BCUT2D eigenvalue weighted by Gasteiger charge is 2.25. The van der Waals surface area contributed by atoms with E-state index >= 15 is 0 Å². The Morgan fingerprint density at radius 3 is 2.60 bits per heavy atom. The Balaban J connectivity index is 1.98. The fraction of sp³-hybridized carbons (Fsp3) is 0.500. The monoisotopic (exact) mass is 275 g/mol. The molecule has 1 aliphatic carbocycles. The van der Waals surface area contributed by atoms with E-state index in [2.05, 4.69) is 0 Å². The highest BCUT2D eigenvalue weighted by Crippen LogP contribution is 2.22. The van der Waals surface area contributed by atoms with E-state index in [0.29, 0.717) is 25.0 Å². The summed E-state index contributed by atoms with van der Waals surface area (Å²) >= 11 is 0. The summed E-state index contributed by atoms with van der Waals surface area (Å²) < 4.78 is 5.27. The number of carbonyl (C=O) groups excluding carboxylic acids is 2. The van der Waals surface area contributed by atoms with Gasteiger partial charge in [0.1, 0.15) is 11.5 Å². The highest BCUT2D eigenvalue weighted by atomic mass is 16.5. The number of carbonyl (C=O) groups is 2. The van der Waals surface area contributed by atoms with E-state index in [1.165, 1.54) is 0 Å². The van der Waals surface area contributed by atoms with Crippen LogP contribution in [0.3, 0.4) is 0 Å². The minimum absolute atomic E-state index is 0.0776. The van der Waals surface area contributed by atoms with Crippen molar-refractivity contribution in [3.05, 3.63) is 29.8 Å². The van der Waals surface area contributed by atoms with Crippen LogP contribution in [-0.4, -0.2) is 36.8 Å². The van der Waals surface area contributed by atoms with Crippen molar-refractivity contribution >= 4 is 11.7 Å². The maximum atomic E-state index is 12.3. The number of likely N-dealkylation sites (N-methyl/N-ethyl adjacent to an activating group) is 1. The quantitative estimate of drug-likeness (QED) is 0.846. The minimum Gasteiger partial charge on any atom is -0.496 e. The third-order valence-electron chi connectivity index (χ3n) is 3.99. The number of methoxy groups -OCH3 is 1. The van der Waals surface area contributed by atoms with Gasteiger partial charge in [0.15, 0.2) is 0 Å². The normalized spacial score (nSPS) is 16.0. The molecule has 0 heterocycles. The molecule has 1 aliphatic rings. The van der Waals surface area contributed by atoms with Crippen molar-refractivity contribution < 1.29 is 14.3 Å². The smallest absolute Gasteiger partial charge is 0.227 e. The topological polar surface area (TPSA) is 46.6 Å². The number of ether oxygens (including phenoxy) is 1. The molecule has 1 amide bonds. The van der Waals surface area contributed by atoms with E-state index in [1.54, 1.807) is 12.0 Å². The van der Waals surface area contributed by atoms with Gasteiger partial charge in [0.05, 0.1) is 13.5 Å². The van der Waals surface area contributed by atoms with Crippen LogP contribution in [0.1, 0.15) is 31.2 Å². The summed E-state index contributed by atoms with van der Waals surface area (Å²) in [5.41, 5.74) is 0.902. The molecule has 1 saturated carbocycles. The molecule has 1 fully saturated rings. The van der Waals surface area contributed by atoms with Gasteiger partial charge in [-0.05, 0) is 18.9 Å². The van der Waals surface area contributed by atoms with Crippen LogP contribution in [0, 0.1) is 0 Å². The van der Waals surface area contributed by atoms with Gasteiger partial charge in [0.25, 0.3) is 0 Å². The second-order valence-corrected chi connectivity index (χ2v) is 5.26. The number of hydrogen-bond acceptors (Lipinski definition) is 3. The van der Waals surface area contributed by atoms with Crippen molar-refractivity contribution in [3.63, 3.8) is 0 Å². The number of nitrogens with zero attached hydrogens (tertiary/aromatic N) is 1. The molecular formula is C16H21NO3. The first-order valence-corrected chi connectivity index (χ1v) is 7.01. The van der Waals surface area contributed by atoms with Gasteiger partial charge in [-0.15, -0.1) is 0 Å². The van der Waals surface area contributed by atoms with Crippen LogP contribution >= 0.6 is 0 Å². The lowest BCUT2D eigenvalue weighted by atomic mass is 9.93. The van der Waals surface area contributed by atoms with Crippen LogP contribution in [0.4, 0.5) is 0 Å². The van der Waals surface area contributed by atoms with E-state index in [-0.39, 0.29) is 11.9 Å². The molecular weight excluding hydrogens is 254 g/mol. The largest absolute Gasteiger partial charge is 0.496 e. The number of ketones is 1. The van der Waals surface area contributed by atoms with Crippen molar-refractivity contribution in [2.24, 2.45) is 0 Å². The van der Waals surface area contributed by atoms with Crippen molar-refractivity contribution in [1.82, 2.24) is 4.90 Å². The maximum Gasteiger partial charge on any atom is 0.227 e. The van der Waals surface area contributed by atoms with E-state index in [1.807, 2.05) is 31.3 Å². The van der Waals surface area contributed by atoms with Crippen LogP contribution in [0.25, 0.3) is 0 Å². The third-order valence-corrected chi connectivity index (χ3v) is 3.99. The second-order valence-electron chi connectivity index (χ2n) is 5.26. The lowest BCUT2D eigenvalue weighted by Crippen LogP contribution is -2.40. The Hall–Kier alpha value is -1.84. The summed E-state index contributed by atoms with van der Waals surface area (Å²) in [6.45, 7) is 0. The molecule has 0 aromatic heterocycles. The lowest BCUT2D eigenvalue weighted by Gasteiger charge is -2.31. The summed E-state index contributed by atoms with van der Waals surface area (Å²) in [5.74, 6) is 1.13. The van der Waals surface area contributed by atoms with E-state index in [4.69, 9.17) is 4.74 Å². The summed E-state index contributed by atoms with van der Waals surface area (Å²) in [4.78, 5) is 25.4. The SMILES string of the molecule is COc1ccccc1CC(=O)N(C)C1CCC(=O)CC1. The third kappa shape index (κ3) is 3.38. The van der Waals surface area contributed by atoms with Crippen LogP contribution in [0.5, 0.6) is 5.75 Å². The highest BCUT2D eigenvalue weighted by molar-refractivity contribution is 5.81. The predicted molar refractivity (Wildman–Crippen MR) is 76.7 cm³/mol. The van der Waals surface area contributed by atoms with Crippen LogP contribution in [0.2, 0.25) is 0 Å². The molecule has 0 radical (unpaired) electrons. The first-order chi connectivity index (χ1) is 9.61. The number of para-hydroxylation sites is 1. The zero-order valence-corrected chi connectivity index (χ0v) is 12.1. The molecule has 0 N–H and O–H groups in total. The van der Waals surface area contributed by atoms with E-state index < -0.39 is 0 Å². The fourth-order valence-electron chi connectivity index (χ4n) is 2.65. The molecule has 4 nitrogen and oxygen atoms in total. The maximum absolute atomic E-state index is 12.3. The summed E-state index contributed by atoms with van der Waals surface area (Å²) in [7, 11) is 3.44. The molecule has 0 spiro atoms. The van der Waals surface area contributed by atoms with Gasteiger partial charge in [-0.1, -0.05) is 18.2 Å². The average molecular weight is 275 g/mol. The summed E-state index contributed by atoms with van der Waals surface area (Å²) in [6.07, 6.45) is 3.10. The molecule has 0 atom stereocenters. The first kappa shape index (κ1) is 14.6. The molecule has 0 aliphatic heterocycles. The molecule has 20 heavy (non-hydrogen) atoms. The van der Waals surface area contributed by atoms with Crippen molar-refractivity contribution in [2.75, 3.05) is 14.2 Å². The Kier molecular flexibility index (Phi) is 4.77. The van der Waals surface area contributed by atoms with Gasteiger partial charge >= 0.3 is 0 Å². The molecule has 1 aromatic carbocycles. The molecule has 4 heteroatoms. The Morgan fingerprint density at radius 1 is 1.30 bits per heavy atom. The molecule has 0 saturated heterocycles. The van der Waals surface area contributed by atoms with Crippen molar-refractivity contribution in [2.45, 2.75) is 38.1 Å². The van der Waals surface area contributed by atoms with Crippen LogP contribution in [-0.2, 0) is 16.0 Å². The van der Waals surface area contributed by atoms with E-state index in [9.17, 15) is 9.59 Å². The number of Topliss-reactive ketones (excluding diaryl/α,β-unsaturated/α-hetero) is 1. The van der Waals surface area contributed by atoms with Gasteiger partial charge in [-0.25, -0.2) is 0 Å². The zero-order chi connectivity index (χ0) is 14.5. The molecule has 0 bridgehead atoms. The average Bonchev–Trinajstić information content (AvgIpc) is 2.48. The standard InChI is InChI=1S/C16H21NO3/c1-17(13-7-9-14(18)10-8-13)16(19)11-12-5-3-4-6-15(12)20-2/h3-6,13H,7-11H2,1-2H3. The van der Waals surface area contributed by atoms with Gasteiger partial charge in [0.2, 0.25) is 5.91 Å². The number of amides is 1. The molecule has 1 aromatic rings. The predicted octanol–water partition coefficient (Wildman–Crippen LogP) is 2.21. The summed E-state index contributed by atoms with van der Waals surface area (Å²) in [5, 5.41) is 0. The van der Waals surface area contributed by atoms with Crippen LogP contribution < -0.4 is 4.74 Å². The minimum atomic E-state index is 0.0776. The van der Waals surface area contributed by atoms with Gasteiger partial charge in [-0.3, -0.25) is 9.59 Å². The van der Waals surface area contributed by atoms with E-state index in [0.717, 1.165) is 24.2 Å². The Morgan fingerprint density at radius 2 is 1.95 bits per heavy atom. The lowest BCUT2D eigenvalue weighted by molar-refractivity contribution is -0.133. The number of benzene rings is 1. The Labute approximate surface area is 119 Å². The van der Waals surface area contributed by atoms with Crippen molar-refractivity contribution in [3.8, 4) is 5.75 Å². The molecule has 0 unspecified atom stereocenters. The first-order valence-electron chi connectivity index (χ1n) is 7.01. The second kappa shape index (κ2) is 6.55. The Bertz CT molecular complexity index is 488. The van der Waals surface area contributed by atoms with Gasteiger partial charge < -0.3 is 9.64 Å². The molecule has 2 rings (SSSR count). The van der Waals surface area contributed by atoms with Gasteiger partial charge in [0, 0.05) is 31.5 Å². The molecule has 108 valence electrons. The van der Waals surface area contributed by atoms with Gasteiger partial charge in [-0.2, -0.15) is 0 Å². The van der Waals surface area contributed by atoms with Crippen molar-refractivity contribution in [1.29, 1.82) is 0 Å². The van der Waals surface area contributed by atoms with Crippen LogP contribution in [0.15, 0.2) is 24.3 Å². The summed E-state index contributed by atoms with van der Waals surface area (Å²) in [6, 6.07) is 7.76.